The van der Waals surface area contributed by atoms with Gasteiger partial charge in [0.2, 0.25) is 0 Å². The van der Waals surface area contributed by atoms with Crippen molar-refractivity contribution in [3.63, 3.8) is 0 Å². The van der Waals surface area contributed by atoms with Crippen LogP contribution in [0.3, 0.4) is 0 Å². The van der Waals surface area contributed by atoms with Gasteiger partial charge in [-0.25, -0.2) is 9.59 Å². The Morgan fingerprint density at radius 2 is 1.24 bits per heavy atom. The molecule has 2 unspecified atom stereocenters. The van der Waals surface area contributed by atoms with Crippen LogP contribution in [0.1, 0.15) is 33.7 Å². The highest BCUT2D eigenvalue weighted by Gasteiger charge is 2.58. The van der Waals surface area contributed by atoms with Crippen LogP contribution in [0, 0.1) is 5.41 Å². The second-order valence-electron chi connectivity index (χ2n) is 8.33. The Kier molecular flexibility index (Phi) is 7.58. The van der Waals surface area contributed by atoms with Gasteiger partial charge in [0.25, 0.3) is 0 Å². The van der Waals surface area contributed by atoms with Crippen LogP contribution in [0.15, 0.2) is 77.7 Å². The Balaban J connectivity index is 1.99. The molecule has 4 rings (SSSR count). The van der Waals surface area contributed by atoms with Crippen molar-refractivity contribution in [3.8, 4) is 11.5 Å². The molecule has 0 fully saturated rings. The maximum atomic E-state index is 14.5. The van der Waals surface area contributed by atoms with E-state index >= 15 is 0 Å². The number of benzene rings is 3. The van der Waals surface area contributed by atoms with E-state index in [1.165, 1.54) is 26.0 Å². The average molecular weight is 523 g/mol. The standard InChI is InChI=1S/C27H26N2O7S/c1-33-18-11-7-16(8-12-18)23(35-25(28)31)27(15-37-21-6-4-3-5-20(21)22(27)30)24(36-26(29)32)17-9-13-19(34-2)14-10-17/h3-14,23-24H,15H2,1-2H3,(H2,28,31)(H2,29,32). The molecule has 0 saturated carbocycles. The van der Waals surface area contributed by atoms with Gasteiger partial charge in [-0.05, 0) is 41.5 Å². The molecule has 10 heteroatoms. The Labute approximate surface area is 218 Å². The first-order valence-corrected chi connectivity index (χ1v) is 12.3. The topological polar surface area (TPSA) is 140 Å². The Bertz CT molecular complexity index is 1230. The number of ketones is 1. The van der Waals surface area contributed by atoms with Crippen molar-refractivity contribution >= 4 is 29.7 Å². The molecule has 4 N–H and O–H groups in total. The van der Waals surface area contributed by atoms with E-state index in [4.69, 9.17) is 30.4 Å². The van der Waals surface area contributed by atoms with Crippen LogP contribution in [-0.2, 0) is 9.47 Å². The van der Waals surface area contributed by atoms with Gasteiger partial charge in [0.05, 0.1) is 14.2 Å². The van der Waals surface area contributed by atoms with Crippen LogP contribution in [0.2, 0.25) is 0 Å². The van der Waals surface area contributed by atoms with Crippen molar-refractivity contribution in [3.05, 3.63) is 89.5 Å². The van der Waals surface area contributed by atoms with Gasteiger partial charge < -0.3 is 30.4 Å². The van der Waals surface area contributed by atoms with E-state index in [0.717, 1.165) is 4.90 Å². The lowest BCUT2D eigenvalue weighted by Crippen LogP contribution is -2.50. The SMILES string of the molecule is COc1ccc(C(OC(N)=O)C2(C(OC(N)=O)c3ccc(OC)cc3)CSc3ccccc3C2=O)cc1. The molecule has 0 radical (unpaired) electrons. The molecule has 2 amide bonds. The van der Waals surface area contributed by atoms with Gasteiger partial charge >= 0.3 is 12.2 Å². The van der Waals surface area contributed by atoms with Crippen LogP contribution >= 0.6 is 11.8 Å². The number of primary amides is 2. The predicted molar refractivity (Wildman–Crippen MR) is 137 cm³/mol. The summed E-state index contributed by atoms with van der Waals surface area (Å²) in [6.07, 6.45) is -4.67. The van der Waals surface area contributed by atoms with Crippen molar-refractivity contribution in [1.29, 1.82) is 0 Å². The molecular weight excluding hydrogens is 496 g/mol. The molecular formula is C27H26N2O7S. The highest BCUT2D eigenvalue weighted by Crippen LogP contribution is 2.56. The molecule has 37 heavy (non-hydrogen) atoms. The molecule has 1 aliphatic heterocycles. The molecule has 0 spiro atoms. The third-order valence-corrected chi connectivity index (χ3v) is 7.55. The van der Waals surface area contributed by atoms with Crippen LogP contribution in [0.5, 0.6) is 11.5 Å². The first-order chi connectivity index (χ1) is 17.8. The van der Waals surface area contributed by atoms with E-state index in [2.05, 4.69) is 0 Å². The molecule has 0 bridgehead atoms. The normalized spacial score (nSPS) is 18.2. The van der Waals surface area contributed by atoms with Crippen LogP contribution in [-0.4, -0.2) is 37.9 Å². The minimum atomic E-state index is -1.63. The number of amides is 2. The number of methoxy groups -OCH3 is 2. The number of Topliss-reactive ketones (excluding diaryl/α,β-unsaturated/α-hetero) is 1. The highest BCUT2D eigenvalue weighted by molar-refractivity contribution is 7.99. The molecule has 2 atom stereocenters. The van der Waals surface area contributed by atoms with E-state index in [9.17, 15) is 14.4 Å². The largest absolute Gasteiger partial charge is 0.497 e. The van der Waals surface area contributed by atoms with Gasteiger partial charge in [0.15, 0.2) is 5.78 Å². The van der Waals surface area contributed by atoms with E-state index in [1.54, 1.807) is 60.7 Å². The number of nitrogens with two attached hydrogens (primary N) is 2. The second-order valence-corrected chi connectivity index (χ2v) is 9.35. The quantitative estimate of drug-likeness (QED) is 0.436. The molecule has 3 aromatic rings. The van der Waals surface area contributed by atoms with Gasteiger partial charge in [-0.3, -0.25) is 4.79 Å². The van der Waals surface area contributed by atoms with Gasteiger partial charge in [-0.1, -0.05) is 42.5 Å². The minimum absolute atomic E-state index is 0.0940. The number of rotatable bonds is 8. The second kappa shape index (κ2) is 10.8. The number of carbonyl (C=O) groups is 3. The zero-order chi connectivity index (χ0) is 26.6. The highest BCUT2D eigenvalue weighted by atomic mass is 32.2. The van der Waals surface area contributed by atoms with Gasteiger partial charge in [0, 0.05) is 16.2 Å². The van der Waals surface area contributed by atoms with E-state index in [0.29, 0.717) is 28.2 Å². The van der Waals surface area contributed by atoms with E-state index in [-0.39, 0.29) is 11.5 Å². The molecule has 3 aromatic carbocycles. The smallest absolute Gasteiger partial charge is 0.405 e. The first-order valence-electron chi connectivity index (χ1n) is 11.3. The number of carbonyl (C=O) groups excluding carboxylic acids is 3. The predicted octanol–water partition coefficient (Wildman–Crippen LogP) is 4.65. The lowest BCUT2D eigenvalue weighted by molar-refractivity contribution is -0.0490. The number of fused-ring (bicyclic) bond motifs is 1. The third-order valence-electron chi connectivity index (χ3n) is 6.26. The van der Waals surface area contributed by atoms with Crippen molar-refractivity contribution in [2.75, 3.05) is 20.0 Å². The molecule has 9 nitrogen and oxygen atoms in total. The summed E-state index contributed by atoms with van der Waals surface area (Å²) in [5.74, 6) is 0.832. The van der Waals surface area contributed by atoms with Crippen LogP contribution in [0.4, 0.5) is 9.59 Å². The summed E-state index contributed by atoms with van der Waals surface area (Å²) in [6.45, 7) is 0. The summed E-state index contributed by atoms with van der Waals surface area (Å²) >= 11 is 1.38. The minimum Gasteiger partial charge on any atom is -0.497 e. The van der Waals surface area contributed by atoms with Gasteiger partial charge in [0.1, 0.15) is 29.1 Å². The Morgan fingerprint density at radius 1 is 0.784 bits per heavy atom. The lowest BCUT2D eigenvalue weighted by atomic mass is 9.68. The zero-order valence-corrected chi connectivity index (χ0v) is 21.0. The van der Waals surface area contributed by atoms with Gasteiger partial charge in [-0.2, -0.15) is 0 Å². The van der Waals surface area contributed by atoms with Crippen molar-refractivity contribution in [2.45, 2.75) is 17.1 Å². The van der Waals surface area contributed by atoms with Crippen molar-refractivity contribution in [1.82, 2.24) is 0 Å². The fourth-order valence-corrected chi connectivity index (χ4v) is 5.87. The molecule has 0 saturated heterocycles. The summed E-state index contributed by atoms with van der Waals surface area (Å²) in [7, 11) is 3.04. The van der Waals surface area contributed by atoms with Crippen molar-refractivity contribution < 1.29 is 33.3 Å². The number of hydrogen-bond donors (Lipinski definition) is 2. The molecule has 1 heterocycles. The molecule has 1 aliphatic rings. The number of hydrogen-bond acceptors (Lipinski definition) is 8. The maximum Gasteiger partial charge on any atom is 0.405 e. The summed E-state index contributed by atoms with van der Waals surface area (Å²) < 4.78 is 21.9. The molecule has 0 aromatic heterocycles. The maximum absolute atomic E-state index is 14.5. The first kappa shape index (κ1) is 25.9. The van der Waals surface area contributed by atoms with E-state index in [1.807, 2.05) is 12.1 Å². The summed E-state index contributed by atoms with van der Waals surface area (Å²) in [5, 5.41) is 0. The Hall–Kier alpha value is -4.18. The fourth-order valence-electron chi connectivity index (χ4n) is 4.55. The monoisotopic (exact) mass is 522 g/mol. The summed E-state index contributed by atoms with van der Waals surface area (Å²) in [5.41, 5.74) is 10.7. The van der Waals surface area contributed by atoms with Crippen LogP contribution < -0.4 is 20.9 Å². The average Bonchev–Trinajstić information content (AvgIpc) is 2.91. The fraction of sp³-hybridized carbons (Fsp3) is 0.222. The third kappa shape index (κ3) is 5.05. The summed E-state index contributed by atoms with van der Waals surface area (Å²) in [4.78, 5) is 39.6. The lowest BCUT2D eigenvalue weighted by Gasteiger charge is -2.45. The number of thioether (sulfide) groups is 1. The van der Waals surface area contributed by atoms with Crippen LogP contribution in [0.25, 0.3) is 0 Å². The summed E-state index contributed by atoms with van der Waals surface area (Å²) in [6, 6.07) is 20.4. The van der Waals surface area contributed by atoms with E-state index < -0.39 is 29.8 Å². The number of ether oxygens (including phenoxy) is 4. The molecule has 0 aliphatic carbocycles. The van der Waals surface area contributed by atoms with Crippen molar-refractivity contribution in [2.24, 2.45) is 16.9 Å². The zero-order valence-electron chi connectivity index (χ0n) is 20.2. The van der Waals surface area contributed by atoms with Gasteiger partial charge in [-0.15, -0.1) is 11.8 Å². The Morgan fingerprint density at radius 3 is 1.68 bits per heavy atom. The molecule has 192 valence electrons.